The van der Waals surface area contributed by atoms with Crippen LogP contribution in [0, 0.1) is 6.92 Å². The number of rotatable bonds is 16. The second-order valence-electron chi connectivity index (χ2n) is 12.9. The molecule has 0 atom stereocenters. The van der Waals surface area contributed by atoms with E-state index in [-0.39, 0.29) is 37.9 Å². The SMILES string of the molecule is Cc1cc(CNC(CO)CO)c(O)c(CN2CCCN(Cc3cccc(CNC(CO)CO)c3O)CCN(Cc3ccccc3)CC2)c1. The zero-order chi connectivity index (χ0) is 34.3. The second-order valence-corrected chi connectivity index (χ2v) is 12.9. The molecule has 0 saturated carbocycles. The number of phenols is 2. The highest BCUT2D eigenvalue weighted by Gasteiger charge is 2.20. The van der Waals surface area contributed by atoms with Crippen LogP contribution in [0.15, 0.2) is 60.7 Å². The minimum Gasteiger partial charge on any atom is -0.507 e. The van der Waals surface area contributed by atoms with Crippen LogP contribution >= 0.6 is 0 Å². The van der Waals surface area contributed by atoms with Gasteiger partial charge in [0.25, 0.3) is 0 Å². The zero-order valence-corrected chi connectivity index (χ0v) is 28.3. The highest BCUT2D eigenvalue weighted by atomic mass is 16.3. The largest absolute Gasteiger partial charge is 0.507 e. The van der Waals surface area contributed by atoms with E-state index in [1.165, 1.54) is 5.56 Å². The van der Waals surface area contributed by atoms with E-state index in [1.807, 2.05) is 43.3 Å². The normalized spacial score (nSPS) is 15.8. The first kappa shape index (κ1) is 37.7. The summed E-state index contributed by atoms with van der Waals surface area (Å²) in [6, 6.07) is 19.3. The molecular formula is C37H55N5O6. The van der Waals surface area contributed by atoms with Crippen molar-refractivity contribution in [2.24, 2.45) is 0 Å². The molecule has 0 radical (unpaired) electrons. The average Bonchev–Trinajstić information content (AvgIpc) is 3.09. The third-order valence-electron chi connectivity index (χ3n) is 9.11. The Kier molecular flexibility index (Phi) is 15.5. The number of hydrogen-bond acceptors (Lipinski definition) is 11. The fourth-order valence-corrected chi connectivity index (χ4v) is 6.20. The van der Waals surface area contributed by atoms with E-state index in [0.717, 1.165) is 80.1 Å². The van der Waals surface area contributed by atoms with Gasteiger partial charge in [0.2, 0.25) is 0 Å². The van der Waals surface area contributed by atoms with Crippen LogP contribution in [0.25, 0.3) is 0 Å². The summed E-state index contributed by atoms with van der Waals surface area (Å²) in [6.07, 6.45) is 0.922. The topological polar surface area (TPSA) is 155 Å². The van der Waals surface area contributed by atoms with Crippen LogP contribution in [0.5, 0.6) is 11.5 Å². The van der Waals surface area contributed by atoms with Crippen molar-refractivity contribution in [3.8, 4) is 11.5 Å². The van der Waals surface area contributed by atoms with Crippen molar-refractivity contribution >= 4 is 0 Å². The Morgan fingerprint density at radius 2 is 1.04 bits per heavy atom. The lowest BCUT2D eigenvalue weighted by atomic mass is 10.0. The summed E-state index contributed by atoms with van der Waals surface area (Å²) < 4.78 is 0. The average molecular weight is 666 g/mol. The van der Waals surface area contributed by atoms with Crippen LogP contribution in [-0.2, 0) is 32.7 Å². The summed E-state index contributed by atoms with van der Waals surface area (Å²) >= 11 is 0. The number of nitrogens with one attached hydrogen (secondary N) is 2. The lowest BCUT2D eigenvalue weighted by Gasteiger charge is -2.33. The maximum absolute atomic E-state index is 11.3. The van der Waals surface area contributed by atoms with Gasteiger partial charge in [-0.1, -0.05) is 66.2 Å². The molecule has 48 heavy (non-hydrogen) atoms. The highest BCUT2D eigenvalue weighted by molar-refractivity contribution is 5.43. The number of aromatic hydroxyl groups is 2. The first-order chi connectivity index (χ1) is 23.3. The van der Waals surface area contributed by atoms with Crippen molar-refractivity contribution < 1.29 is 30.6 Å². The smallest absolute Gasteiger partial charge is 0.124 e. The summed E-state index contributed by atoms with van der Waals surface area (Å²) in [5.74, 6) is 0.487. The Bertz CT molecular complexity index is 1370. The molecule has 0 bridgehead atoms. The third kappa shape index (κ3) is 11.5. The Hall–Kier alpha value is -3.10. The Morgan fingerprint density at radius 1 is 0.562 bits per heavy atom. The Morgan fingerprint density at radius 3 is 1.62 bits per heavy atom. The Balaban J connectivity index is 1.49. The Labute approximate surface area is 285 Å². The van der Waals surface area contributed by atoms with Gasteiger partial charge >= 0.3 is 0 Å². The van der Waals surface area contributed by atoms with Gasteiger partial charge in [-0.15, -0.1) is 0 Å². The van der Waals surface area contributed by atoms with Gasteiger partial charge in [0, 0.05) is 81.2 Å². The lowest BCUT2D eigenvalue weighted by Crippen LogP contribution is -2.42. The van der Waals surface area contributed by atoms with Crippen molar-refractivity contribution in [1.29, 1.82) is 0 Å². The predicted octanol–water partition coefficient (Wildman–Crippen LogP) is 1.50. The zero-order valence-electron chi connectivity index (χ0n) is 28.3. The fourth-order valence-electron chi connectivity index (χ4n) is 6.20. The summed E-state index contributed by atoms with van der Waals surface area (Å²) in [7, 11) is 0. The molecule has 0 amide bonds. The fraction of sp³-hybridized carbons (Fsp3) is 0.514. The van der Waals surface area contributed by atoms with Crippen LogP contribution in [0.4, 0.5) is 0 Å². The first-order valence-corrected chi connectivity index (χ1v) is 17.1. The molecule has 0 aromatic heterocycles. The first-order valence-electron chi connectivity index (χ1n) is 17.1. The minimum atomic E-state index is -0.445. The van der Waals surface area contributed by atoms with Crippen LogP contribution in [0.3, 0.4) is 0 Å². The molecule has 0 aliphatic carbocycles. The molecule has 264 valence electrons. The number of aliphatic hydroxyl groups is 4. The molecule has 1 heterocycles. The minimum absolute atomic E-state index is 0.182. The quantitative estimate of drug-likeness (QED) is 0.112. The molecule has 1 fully saturated rings. The van der Waals surface area contributed by atoms with Crippen molar-refractivity contribution in [3.63, 3.8) is 0 Å². The van der Waals surface area contributed by atoms with E-state index in [0.29, 0.717) is 26.2 Å². The molecule has 1 aliphatic heterocycles. The molecule has 0 spiro atoms. The van der Waals surface area contributed by atoms with E-state index in [9.17, 15) is 30.6 Å². The van der Waals surface area contributed by atoms with Crippen molar-refractivity contribution in [2.75, 3.05) is 65.7 Å². The number of hydrogen-bond donors (Lipinski definition) is 8. The highest BCUT2D eigenvalue weighted by Crippen LogP contribution is 2.27. The van der Waals surface area contributed by atoms with Gasteiger partial charge < -0.3 is 41.3 Å². The van der Waals surface area contributed by atoms with Crippen LogP contribution in [0.2, 0.25) is 0 Å². The van der Waals surface area contributed by atoms with Crippen LogP contribution in [0.1, 0.15) is 39.8 Å². The summed E-state index contributed by atoms with van der Waals surface area (Å²) in [5, 5.41) is 66.4. The molecule has 0 unspecified atom stereocenters. The maximum Gasteiger partial charge on any atom is 0.124 e. The van der Waals surface area contributed by atoms with Gasteiger partial charge in [-0.2, -0.15) is 0 Å². The molecule has 11 nitrogen and oxygen atoms in total. The van der Waals surface area contributed by atoms with Crippen LogP contribution < -0.4 is 10.6 Å². The van der Waals surface area contributed by atoms with Crippen molar-refractivity contribution in [3.05, 3.63) is 94.0 Å². The lowest BCUT2D eigenvalue weighted by molar-refractivity contribution is 0.138. The summed E-state index contributed by atoms with van der Waals surface area (Å²) in [5.41, 5.74) is 5.48. The summed E-state index contributed by atoms with van der Waals surface area (Å²) in [4.78, 5) is 7.27. The second kappa shape index (κ2) is 19.8. The van der Waals surface area contributed by atoms with Crippen LogP contribution in [-0.4, -0.2) is 123 Å². The standard InChI is InChI=1S/C37H55N5O6/c1-28-17-32(20-39-35(26-45)27-46)37(48)33(18-28)23-41-12-6-11-40(13-15-42(16-14-41)21-29-7-3-2-4-8-29)22-31-10-5-9-30(36(31)47)19-38-34(24-43)25-44/h2-5,7-10,17-18,34-35,38-39,43-48H,6,11-16,19-27H2,1H3. The van der Waals surface area contributed by atoms with E-state index in [2.05, 4.69) is 49.6 Å². The number of nitrogens with zero attached hydrogens (tertiary/aromatic N) is 3. The van der Waals surface area contributed by atoms with E-state index in [4.69, 9.17) is 0 Å². The molecule has 11 heteroatoms. The predicted molar refractivity (Wildman–Crippen MR) is 187 cm³/mol. The molecule has 1 aliphatic rings. The maximum atomic E-state index is 11.3. The van der Waals surface area contributed by atoms with Gasteiger partial charge in [0.05, 0.1) is 38.5 Å². The monoisotopic (exact) mass is 665 g/mol. The molecular weight excluding hydrogens is 610 g/mol. The van der Waals surface area contributed by atoms with Gasteiger partial charge in [0.15, 0.2) is 0 Å². The van der Waals surface area contributed by atoms with E-state index in [1.54, 1.807) is 0 Å². The van der Waals surface area contributed by atoms with E-state index >= 15 is 0 Å². The van der Waals surface area contributed by atoms with Gasteiger partial charge in [-0.05, 0) is 32.0 Å². The van der Waals surface area contributed by atoms with Crippen molar-refractivity contribution in [1.82, 2.24) is 25.3 Å². The number of para-hydroxylation sites is 1. The van der Waals surface area contributed by atoms with Gasteiger partial charge in [0.1, 0.15) is 11.5 Å². The number of phenolic OH excluding ortho intramolecular Hbond substituents is 2. The number of benzene rings is 3. The van der Waals surface area contributed by atoms with Crippen molar-refractivity contribution in [2.45, 2.75) is 58.2 Å². The molecule has 3 aromatic carbocycles. The third-order valence-corrected chi connectivity index (χ3v) is 9.11. The summed E-state index contributed by atoms with van der Waals surface area (Å²) in [6.45, 7) is 9.11. The van der Waals surface area contributed by atoms with Gasteiger partial charge in [-0.25, -0.2) is 0 Å². The number of aryl methyl sites for hydroxylation is 1. The molecule has 8 N–H and O–H groups in total. The molecule has 4 rings (SSSR count). The van der Waals surface area contributed by atoms with E-state index < -0.39 is 12.1 Å². The number of aliphatic hydroxyl groups excluding tert-OH is 4. The molecule has 1 saturated heterocycles. The molecule has 3 aromatic rings. The van der Waals surface area contributed by atoms with Gasteiger partial charge in [-0.3, -0.25) is 14.7 Å².